The SMILES string of the molecule is Cc1nc(C)n(CCCOc2ccc(C#N)cc2)n1. The predicted octanol–water partition coefficient (Wildman–Crippen LogP) is 2.24. The van der Waals surface area contributed by atoms with E-state index in [2.05, 4.69) is 16.2 Å². The number of ether oxygens (including phenoxy) is 1. The molecule has 0 saturated carbocycles. The van der Waals surface area contributed by atoms with Crippen LogP contribution >= 0.6 is 0 Å². The molecular weight excluding hydrogens is 240 g/mol. The third kappa shape index (κ3) is 3.55. The summed E-state index contributed by atoms with van der Waals surface area (Å²) in [4.78, 5) is 4.25. The van der Waals surface area contributed by atoms with Crippen LogP contribution in [0.5, 0.6) is 5.75 Å². The van der Waals surface area contributed by atoms with Crippen LogP contribution in [0.25, 0.3) is 0 Å². The number of benzene rings is 1. The highest BCUT2D eigenvalue weighted by molar-refractivity contribution is 5.34. The maximum atomic E-state index is 8.69. The van der Waals surface area contributed by atoms with Gasteiger partial charge in [0.15, 0.2) is 0 Å². The maximum absolute atomic E-state index is 8.69. The zero-order valence-electron chi connectivity index (χ0n) is 11.1. The molecule has 0 saturated heterocycles. The van der Waals surface area contributed by atoms with Crippen molar-refractivity contribution in [3.8, 4) is 11.8 Å². The summed E-state index contributed by atoms with van der Waals surface area (Å²) in [6.07, 6.45) is 0.865. The Morgan fingerprint density at radius 3 is 2.58 bits per heavy atom. The van der Waals surface area contributed by atoms with Gasteiger partial charge in [-0.2, -0.15) is 10.4 Å². The summed E-state index contributed by atoms with van der Waals surface area (Å²) < 4.78 is 7.49. The van der Waals surface area contributed by atoms with Gasteiger partial charge < -0.3 is 4.74 Å². The van der Waals surface area contributed by atoms with Crippen LogP contribution in [0.2, 0.25) is 0 Å². The van der Waals surface area contributed by atoms with E-state index in [1.165, 1.54) is 0 Å². The number of aromatic nitrogens is 3. The first-order chi connectivity index (χ1) is 9.19. The van der Waals surface area contributed by atoms with Gasteiger partial charge in [-0.3, -0.25) is 0 Å². The van der Waals surface area contributed by atoms with Crippen LogP contribution in [0, 0.1) is 25.2 Å². The second-order valence-electron chi connectivity index (χ2n) is 4.27. The summed E-state index contributed by atoms with van der Waals surface area (Å²) in [6, 6.07) is 9.20. The Hall–Kier alpha value is -2.35. The lowest BCUT2D eigenvalue weighted by Crippen LogP contribution is -2.07. The van der Waals surface area contributed by atoms with Gasteiger partial charge >= 0.3 is 0 Å². The fourth-order valence-corrected chi connectivity index (χ4v) is 1.80. The van der Waals surface area contributed by atoms with E-state index >= 15 is 0 Å². The predicted molar refractivity (Wildman–Crippen MR) is 70.8 cm³/mol. The molecule has 2 rings (SSSR count). The molecule has 0 aliphatic carbocycles. The van der Waals surface area contributed by atoms with Crippen molar-refractivity contribution >= 4 is 0 Å². The average molecular weight is 256 g/mol. The Balaban J connectivity index is 1.77. The van der Waals surface area contributed by atoms with Gasteiger partial charge in [-0.05, 0) is 38.1 Å². The molecule has 1 heterocycles. The molecule has 0 atom stereocenters. The van der Waals surface area contributed by atoms with Crippen LogP contribution in [0.1, 0.15) is 23.6 Å². The van der Waals surface area contributed by atoms with Crippen LogP contribution in [0.15, 0.2) is 24.3 Å². The Bertz CT molecular complexity index is 580. The van der Waals surface area contributed by atoms with Crippen LogP contribution in [0.3, 0.4) is 0 Å². The van der Waals surface area contributed by atoms with Crippen molar-refractivity contribution in [3.05, 3.63) is 41.5 Å². The molecular formula is C14H16N4O. The molecule has 0 radical (unpaired) electrons. The molecule has 0 aliphatic rings. The monoisotopic (exact) mass is 256 g/mol. The highest BCUT2D eigenvalue weighted by atomic mass is 16.5. The van der Waals surface area contributed by atoms with Gasteiger partial charge in [-0.1, -0.05) is 0 Å². The van der Waals surface area contributed by atoms with Gasteiger partial charge in [-0.15, -0.1) is 0 Å². The number of nitriles is 1. The van der Waals surface area contributed by atoms with Crippen LogP contribution < -0.4 is 4.74 Å². The van der Waals surface area contributed by atoms with E-state index < -0.39 is 0 Å². The minimum atomic E-state index is 0.615. The summed E-state index contributed by atoms with van der Waals surface area (Å²) in [5.41, 5.74) is 0.640. The summed E-state index contributed by atoms with van der Waals surface area (Å²) in [5.74, 6) is 2.51. The minimum absolute atomic E-state index is 0.615. The van der Waals surface area contributed by atoms with Crippen molar-refractivity contribution in [1.29, 1.82) is 5.26 Å². The molecule has 1 aromatic heterocycles. The van der Waals surface area contributed by atoms with Crippen LogP contribution in [-0.2, 0) is 6.54 Å². The smallest absolute Gasteiger partial charge is 0.147 e. The molecule has 0 aliphatic heterocycles. The van der Waals surface area contributed by atoms with Crippen molar-refractivity contribution in [2.75, 3.05) is 6.61 Å². The molecule has 0 fully saturated rings. The first-order valence-electron chi connectivity index (χ1n) is 6.20. The molecule has 98 valence electrons. The van der Waals surface area contributed by atoms with Gasteiger partial charge in [0.1, 0.15) is 17.4 Å². The van der Waals surface area contributed by atoms with E-state index in [0.717, 1.165) is 30.4 Å². The second kappa shape index (κ2) is 6.01. The summed E-state index contributed by atoms with van der Waals surface area (Å²) >= 11 is 0. The molecule has 0 unspecified atom stereocenters. The molecule has 5 nitrogen and oxygen atoms in total. The highest BCUT2D eigenvalue weighted by Gasteiger charge is 2.02. The van der Waals surface area contributed by atoms with Crippen LogP contribution in [0.4, 0.5) is 0 Å². The lowest BCUT2D eigenvalue weighted by Gasteiger charge is -2.06. The normalized spacial score (nSPS) is 10.2. The molecule has 5 heteroatoms. The number of rotatable bonds is 5. The fraction of sp³-hybridized carbons (Fsp3) is 0.357. The molecule has 19 heavy (non-hydrogen) atoms. The average Bonchev–Trinajstić information content (AvgIpc) is 2.74. The highest BCUT2D eigenvalue weighted by Crippen LogP contribution is 2.11. The standard InChI is InChI=1S/C14H16N4O/c1-11-16-12(2)18(17-11)8-3-9-19-14-6-4-13(10-15)5-7-14/h4-7H,3,8-9H2,1-2H3. The third-order valence-corrected chi connectivity index (χ3v) is 2.73. The third-order valence-electron chi connectivity index (χ3n) is 2.73. The van der Waals surface area contributed by atoms with Gasteiger partial charge in [0, 0.05) is 13.0 Å². The Kier molecular flexibility index (Phi) is 4.14. The Labute approximate surface area is 112 Å². The topological polar surface area (TPSA) is 63.7 Å². The Morgan fingerprint density at radius 1 is 1.26 bits per heavy atom. The van der Waals surface area contributed by atoms with E-state index in [1.807, 2.05) is 30.7 Å². The first kappa shape index (κ1) is 13.1. The number of aryl methyl sites for hydroxylation is 3. The van der Waals surface area contributed by atoms with Crippen molar-refractivity contribution in [3.63, 3.8) is 0 Å². The second-order valence-corrected chi connectivity index (χ2v) is 4.27. The fourth-order valence-electron chi connectivity index (χ4n) is 1.80. The summed E-state index contributed by atoms with van der Waals surface area (Å²) in [6.45, 7) is 5.24. The van der Waals surface area contributed by atoms with E-state index in [9.17, 15) is 0 Å². The van der Waals surface area contributed by atoms with Gasteiger partial charge in [0.25, 0.3) is 0 Å². The molecule has 2 aromatic rings. The van der Waals surface area contributed by atoms with Crippen molar-refractivity contribution < 1.29 is 4.74 Å². The number of nitrogens with zero attached hydrogens (tertiary/aromatic N) is 4. The quantitative estimate of drug-likeness (QED) is 0.769. The van der Waals surface area contributed by atoms with Crippen molar-refractivity contribution in [2.24, 2.45) is 0 Å². The van der Waals surface area contributed by atoms with E-state index in [0.29, 0.717) is 12.2 Å². The largest absolute Gasteiger partial charge is 0.494 e. The van der Waals surface area contributed by atoms with Gasteiger partial charge in [0.05, 0.1) is 18.2 Å². The summed E-state index contributed by atoms with van der Waals surface area (Å²) in [7, 11) is 0. The summed E-state index contributed by atoms with van der Waals surface area (Å²) in [5, 5.41) is 13.0. The maximum Gasteiger partial charge on any atom is 0.147 e. The van der Waals surface area contributed by atoms with Gasteiger partial charge in [0.2, 0.25) is 0 Å². The molecule has 0 N–H and O–H groups in total. The molecule has 0 amide bonds. The number of hydrogen-bond donors (Lipinski definition) is 0. The minimum Gasteiger partial charge on any atom is -0.494 e. The lowest BCUT2D eigenvalue weighted by atomic mass is 10.2. The molecule has 0 spiro atoms. The zero-order valence-corrected chi connectivity index (χ0v) is 11.1. The van der Waals surface area contributed by atoms with E-state index in [1.54, 1.807) is 12.1 Å². The lowest BCUT2D eigenvalue weighted by molar-refractivity contribution is 0.297. The molecule has 0 bridgehead atoms. The van der Waals surface area contributed by atoms with E-state index in [-0.39, 0.29) is 0 Å². The molecule has 1 aromatic carbocycles. The number of hydrogen-bond acceptors (Lipinski definition) is 4. The zero-order chi connectivity index (χ0) is 13.7. The van der Waals surface area contributed by atoms with Gasteiger partial charge in [-0.25, -0.2) is 9.67 Å². The Morgan fingerprint density at radius 2 is 2.00 bits per heavy atom. The van der Waals surface area contributed by atoms with Crippen molar-refractivity contribution in [2.45, 2.75) is 26.8 Å². The van der Waals surface area contributed by atoms with Crippen LogP contribution in [-0.4, -0.2) is 21.4 Å². The van der Waals surface area contributed by atoms with Crippen molar-refractivity contribution in [1.82, 2.24) is 14.8 Å². The van der Waals surface area contributed by atoms with E-state index in [4.69, 9.17) is 10.00 Å². The first-order valence-corrected chi connectivity index (χ1v) is 6.20.